The Morgan fingerprint density at radius 2 is 1.75 bits per heavy atom. The largest absolute Gasteiger partial charge is 0.0843 e. The molecule has 0 amide bonds. The fourth-order valence-corrected chi connectivity index (χ4v) is 3.93. The summed E-state index contributed by atoms with van der Waals surface area (Å²) in [7, 11) is 0. The number of aryl methyl sites for hydroxylation is 3. The van der Waals surface area contributed by atoms with Crippen LogP contribution in [0.4, 0.5) is 0 Å². The molecule has 1 atom stereocenters. The molecule has 1 aliphatic carbocycles. The van der Waals surface area contributed by atoms with Gasteiger partial charge in [0, 0.05) is 5.02 Å². The molecule has 2 aromatic carbocycles. The number of alkyl halides is 1. The minimum Gasteiger partial charge on any atom is -0.0843 e. The van der Waals surface area contributed by atoms with E-state index >= 15 is 0 Å². The molecule has 20 heavy (non-hydrogen) atoms. The van der Waals surface area contributed by atoms with Gasteiger partial charge in [0.1, 0.15) is 0 Å². The van der Waals surface area contributed by atoms with Crippen LogP contribution < -0.4 is 0 Å². The van der Waals surface area contributed by atoms with Gasteiger partial charge in [-0.25, -0.2) is 0 Å². The van der Waals surface area contributed by atoms with E-state index in [0.717, 1.165) is 5.02 Å². The number of halogens is 2. The van der Waals surface area contributed by atoms with Crippen LogP contribution >= 0.6 is 27.5 Å². The maximum Gasteiger partial charge on any atom is 0.0647 e. The summed E-state index contributed by atoms with van der Waals surface area (Å²) in [6.07, 6.45) is 5.10. The maximum atomic E-state index is 6.14. The molecular formula is C18H18BrCl. The Kier molecular flexibility index (Phi) is 4.18. The first-order chi connectivity index (χ1) is 9.65. The number of hydrogen-bond donors (Lipinski definition) is 0. The summed E-state index contributed by atoms with van der Waals surface area (Å²) >= 11 is 9.99. The van der Waals surface area contributed by atoms with Crippen LogP contribution in [0.5, 0.6) is 0 Å². The van der Waals surface area contributed by atoms with Gasteiger partial charge in [0.15, 0.2) is 0 Å². The highest BCUT2D eigenvalue weighted by Gasteiger charge is 2.16. The van der Waals surface area contributed by atoms with Gasteiger partial charge in [-0.15, -0.1) is 0 Å². The highest BCUT2D eigenvalue weighted by molar-refractivity contribution is 9.09. The Bertz CT molecular complexity index is 633. The number of benzene rings is 2. The van der Waals surface area contributed by atoms with Crippen LogP contribution in [0.25, 0.3) is 0 Å². The molecule has 0 N–H and O–H groups in total. The fourth-order valence-electron chi connectivity index (χ4n) is 2.97. The molecule has 0 fully saturated rings. The molecule has 1 unspecified atom stereocenters. The lowest BCUT2D eigenvalue weighted by atomic mass is 9.89. The van der Waals surface area contributed by atoms with Gasteiger partial charge in [-0.3, -0.25) is 0 Å². The Labute approximate surface area is 134 Å². The van der Waals surface area contributed by atoms with Gasteiger partial charge in [-0.1, -0.05) is 51.8 Å². The highest BCUT2D eigenvalue weighted by atomic mass is 79.9. The summed E-state index contributed by atoms with van der Waals surface area (Å²) in [6, 6.07) is 13.0. The van der Waals surface area contributed by atoms with Gasteiger partial charge in [-0.05, 0) is 72.6 Å². The zero-order chi connectivity index (χ0) is 14.1. The van der Waals surface area contributed by atoms with Crippen molar-refractivity contribution >= 4 is 27.5 Å². The third-order valence-electron chi connectivity index (χ3n) is 4.18. The summed E-state index contributed by atoms with van der Waals surface area (Å²) in [5, 5.41) is 0.799. The van der Waals surface area contributed by atoms with E-state index in [-0.39, 0.29) is 4.83 Å². The molecule has 0 aromatic heterocycles. The number of rotatable bonds is 2. The minimum atomic E-state index is 0.216. The van der Waals surface area contributed by atoms with Gasteiger partial charge in [0.05, 0.1) is 4.83 Å². The van der Waals surface area contributed by atoms with Gasteiger partial charge in [0.2, 0.25) is 0 Å². The molecule has 104 valence electrons. The standard InChI is InChI=1S/C18H18BrCl/c1-12-6-9-16(20)11-17(12)18(19)15-8-7-13-4-2-3-5-14(13)10-15/h6-11,18H,2-5H2,1H3. The van der Waals surface area contributed by atoms with Crippen LogP contribution in [0.3, 0.4) is 0 Å². The molecule has 3 rings (SSSR count). The summed E-state index contributed by atoms with van der Waals surface area (Å²) in [4.78, 5) is 0.216. The summed E-state index contributed by atoms with van der Waals surface area (Å²) in [5.41, 5.74) is 6.92. The number of fused-ring (bicyclic) bond motifs is 1. The first-order valence-corrected chi connectivity index (χ1v) is 8.46. The van der Waals surface area contributed by atoms with E-state index < -0.39 is 0 Å². The van der Waals surface area contributed by atoms with Crippen molar-refractivity contribution in [1.29, 1.82) is 0 Å². The van der Waals surface area contributed by atoms with Gasteiger partial charge < -0.3 is 0 Å². The Hall–Kier alpha value is -0.790. The molecule has 2 aromatic rings. The lowest BCUT2D eigenvalue weighted by molar-refractivity contribution is 0.684. The zero-order valence-electron chi connectivity index (χ0n) is 11.6. The molecule has 0 heterocycles. The Morgan fingerprint density at radius 3 is 2.55 bits per heavy atom. The molecule has 2 heteroatoms. The third kappa shape index (κ3) is 2.80. The summed E-state index contributed by atoms with van der Waals surface area (Å²) < 4.78 is 0. The van der Waals surface area contributed by atoms with Gasteiger partial charge in [-0.2, -0.15) is 0 Å². The Morgan fingerprint density at radius 1 is 1.00 bits per heavy atom. The molecule has 0 spiro atoms. The van der Waals surface area contributed by atoms with Crippen molar-refractivity contribution in [3.63, 3.8) is 0 Å². The van der Waals surface area contributed by atoms with E-state index in [1.807, 2.05) is 6.07 Å². The first-order valence-electron chi connectivity index (χ1n) is 7.17. The molecule has 0 radical (unpaired) electrons. The monoisotopic (exact) mass is 348 g/mol. The van der Waals surface area contributed by atoms with Crippen LogP contribution in [-0.2, 0) is 12.8 Å². The first kappa shape index (κ1) is 14.2. The van der Waals surface area contributed by atoms with E-state index in [9.17, 15) is 0 Å². The minimum absolute atomic E-state index is 0.216. The molecule has 0 saturated carbocycles. The molecule has 0 bridgehead atoms. The average molecular weight is 350 g/mol. The average Bonchev–Trinajstić information content (AvgIpc) is 2.48. The topological polar surface area (TPSA) is 0 Å². The second-order valence-corrected chi connectivity index (χ2v) is 6.95. The zero-order valence-corrected chi connectivity index (χ0v) is 14.0. The van der Waals surface area contributed by atoms with Crippen molar-refractivity contribution in [1.82, 2.24) is 0 Å². The number of hydrogen-bond acceptors (Lipinski definition) is 0. The van der Waals surface area contributed by atoms with Crippen LogP contribution in [0.1, 0.15) is 45.5 Å². The van der Waals surface area contributed by atoms with Crippen LogP contribution in [-0.4, -0.2) is 0 Å². The van der Waals surface area contributed by atoms with Crippen molar-refractivity contribution in [3.8, 4) is 0 Å². The quantitative estimate of drug-likeness (QED) is 0.582. The van der Waals surface area contributed by atoms with E-state index in [1.54, 1.807) is 0 Å². The van der Waals surface area contributed by atoms with Crippen LogP contribution in [0.15, 0.2) is 36.4 Å². The van der Waals surface area contributed by atoms with Crippen molar-refractivity contribution in [2.75, 3.05) is 0 Å². The summed E-state index contributed by atoms with van der Waals surface area (Å²) in [5.74, 6) is 0. The lowest BCUT2D eigenvalue weighted by Gasteiger charge is -2.19. The molecule has 1 aliphatic rings. The molecular weight excluding hydrogens is 332 g/mol. The smallest absolute Gasteiger partial charge is 0.0647 e. The SMILES string of the molecule is Cc1ccc(Cl)cc1C(Br)c1ccc2c(c1)CCCC2. The fraction of sp³-hybridized carbons (Fsp3) is 0.333. The van der Waals surface area contributed by atoms with E-state index in [0.29, 0.717) is 0 Å². The molecule has 0 saturated heterocycles. The van der Waals surface area contributed by atoms with Crippen molar-refractivity contribution in [2.45, 2.75) is 37.4 Å². The van der Waals surface area contributed by atoms with Crippen molar-refractivity contribution in [3.05, 3.63) is 69.2 Å². The van der Waals surface area contributed by atoms with Crippen LogP contribution in [0, 0.1) is 6.92 Å². The third-order valence-corrected chi connectivity index (χ3v) is 5.44. The molecule has 0 aliphatic heterocycles. The van der Waals surface area contributed by atoms with Crippen molar-refractivity contribution in [2.24, 2.45) is 0 Å². The van der Waals surface area contributed by atoms with E-state index in [1.165, 1.54) is 53.5 Å². The second-order valence-electron chi connectivity index (χ2n) is 5.60. The maximum absolute atomic E-state index is 6.14. The van der Waals surface area contributed by atoms with E-state index in [4.69, 9.17) is 11.6 Å². The van der Waals surface area contributed by atoms with E-state index in [2.05, 4.69) is 53.2 Å². The summed E-state index contributed by atoms with van der Waals surface area (Å²) in [6.45, 7) is 2.14. The Balaban J connectivity index is 1.97. The van der Waals surface area contributed by atoms with Crippen molar-refractivity contribution < 1.29 is 0 Å². The molecule has 0 nitrogen and oxygen atoms in total. The van der Waals surface area contributed by atoms with Gasteiger partial charge >= 0.3 is 0 Å². The van der Waals surface area contributed by atoms with Crippen LogP contribution in [0.2, 0.25) is 5.02 Å². The normalized spacial score (nSPS) is 15.8. The lowest BCUT2D eigenvalue weighted by Crippen LogP contribution is -2.04. The van der Waals surface area contributed by atoms with Gasteiger partial charge in [0.25, 0.3) is 0 Å². The highest BCUT2D eigenvalue weighted by Crippen LogP contribution is 2.36. The predicted octanol–water partition coefficient (Wildman–Crippen LogP) is 6.01. The second kappa shape index (κ2) is 5.91. The predicted molar refractivity (Wildman–Crippen MR) is 90.0 cm³/mol.